The maximum Gasteiger partial charge on any atom is 0.307 e. The molecule has 118 valence electrons. The van der Waals surface area contributed by atoms with Crippen LogP contribution in [0.5, 0.6) is 0 Å². The van der Waals surface area contributed by atoms with E-state index in [2.05, 4.69) is 25.5 Å². The summed E-state index contributed by atoms with van der Waals surface area (Å²) in [6, 6.07) is 5.43. The van der Waals surface area contributed by atoms with Crippen molar-refractivity contribution < 1.29 is 4.79 Å². The fourth-order valence-electron chi connectivity index (χ4n) is 2.01. The maximum absolute atomic E-state index is 11.9. The van der Waals surface area contributed by atoms with E-state index in [4.69, 9.17) is 0 Å². The molecule has 0 aliphatic carbocycles. The van der Waals surface area contributed by atoms with Crippen molar-refractivity contribution in [2.24, 2.45) is 0 Å². The minimum absolute atomic E-state index is 0.0642. The molecule has 0 fully saturated rings. The molecule has 3 heterocycles. The molecule has 0 aliphatic heterocycles. The Bertz CT molecular complexity index is 867. The van der Waals surface area contributed by atoms with E-state index in [1.807, 2.05) is 13.0 Å². The molecule has 0 saturated carbocycles. The standard InChI is InChI=1S/C14H14N6O2S/c1-9-8-23-14(22)20(9)7-5-11(21)16-13-17-12(18-19-13)10-4-2-3-6-15-10/h2-4,6,8H,5,7H2,1H3,(H2,16,17,18,19,21). The largest absolute Gasteiger partial charge is 0.307 e. The molecule has 8 nitrogen and oxygen atoms in total. The van der Waals surface area contributed by atoms with Crippen LogP contribution in [0.15, 0.2) is 34.6 Å². The Balaban J connectivity index is 1.60. The van der Waals surface area contributed by atoms with E-state index in [0.29, 0.717) is 18.1 Å². The van der Waals surface area contributed by atoms with Gasteiger partial charge in [0.1, 0.15) is 5.69 Å². The summed E-state index contributed by atoms with van der Waals surface area (Å²) in [5.41, 5.74) is 1.49. The van der Waals surface area contributed by atoms with Crippen molar-refractivity contribution in [3.05, 3.63) is 45.1 Å². The van der Waals surface area contributed by atoms with Crippen molar-refractivity contribution >= 4 is 23.2 Å². The number of aromatic nitrogens is 5. The van der Waals surface area contributed by atoms with Crippen LogP contribution in [0.1, 0.15) is 12.1 Å². The molecule has 0 unspecified atom stereocenters. The Morgan fingerprint density at radius 2 is 2.30 bits per heavy atom. The van der Waals surface area contributed by atoms with Gasteiger partial charge in [0.15, 0.2) is 5.82 Å². The van der Waals surface area contributed by atoms with E-state index >= 15 is 0 Å². The van der Waals surface area contributed by atoms with E-state index in [0.717, 1.165) is 17.0 Å². The quantitative estimate of drug-likeness (QED) is 0.736. The molecule has 0 aromatic carbocycles. The Kier molecular flexibility index (Phi) is 4.29. The molecular formula is C14H14N6O2S. The number of carbonyl (C=O) groups excluding carboxylic acids is 1. The van der Waals surface area contributed by atoms with Crippen LogP contribution < -0.4 is 10.2 Å². The lowest BCUT2D eigenvalue weighted by molar-refractivity contribution is -0.116. The lowest BCUT2D eigenvalue weighted by Gasteiger charge is -2.03. The number of hydrogen-bond acceptors (Lipinski definition) is 6. The summed E-state index contributed by atoms with van der Waals surface area (Å²) in [7, 11) is 0. The molecule has 9 heteroatoms. The molecule has 3 aromatic heterocycles. The van der Waals surface area contributed by atoms with E-state index in [1.54, 1.807) is 28.3 Å². The second-order valence-electron chi connectivity index (χ2n) is 4.82. The third kappa shape index (κ3) is 3.51. The van der Waals surface area contributed by atoms with E-state index < -0.39 is 0 Å². The number of nitrogens with zero attached hydrogens (tertiary/aromatic N) is 4. The van der Waals surface area contributed by atoms with Crippen LogP contribution in [0.25, 0.3) is 11.5 Å². The molecule has 23 heavy (non-hydrogen) atoms. The number of hydrogen-bond donors (Lipinski definition) is 2. The second kappa shape index (κ2) is 6.53. The van der Waals surface area contributed by atoms with Crippen molar-refractivity contribution in [3.8, 4) is 11.5 Å². The third-order valence-corrected chi connectivity index (χ3v) is 4.06. The van der Waals surface area contributed by atoms with Gasteiger partial charge in [0.25, 0.3) is 0 Å². The molecular weight excluding hydrogens is 316 g/mol. The number of pyridine rings is 1. The lowest BCUT2D eigenvalue weighted by atomic mass is 10.3. The highest BCUT2D eigenvalue weighted by molar-refractivity contribution is 7.07. The molecule has 1 amide bonds. The smallest absolute Gasteiger partial charge is 0.303 e. The van der Waals surface area contributed by atoms with Crippen molar-refractivity contribution in [1.82, 2.24) is 24.7 Å². The van der Waals surface area contributed by atoms with Crippen LogP contribution in [-0.4, -0.2) is 30.6 Å². The number of amides is 1. The predicted molar refractivity (Wildman–Crippen MR) is 86.2 cm³/mol. The van der Waals surface area contributed by atoms with Gasteiger partial charge in [-0.3, -0.25) is 25.0 Å². The predicted octanol–water partition coefficient (Wildman–Crippen LogP) is 1.43. The molecule has 0 saturated heterocycles. The van der Waals surface area contributed by atoms with Gasteiger partial charge in [0.05, 0.1) is 0 Å². The first-order valence-corrected chi connectivity index (χ1v) is 7.80. The zero-order valence-corrected chi connectivity index (χ0v) is 13.1. The summed E-state index contributed by atoms with van der Waals surface area (Å²) >= 11 is 1.13. The number of carbonyl (C=O) groups is 1. The summed E-state index contributed by atoms with van der Waals surface area (Å²) in [6.07, 6.45) is 1.82. The Morgan fingerprint density at radius 1 is 1.43 bits per heavy atom. The van der Waals surface area contributed by atoms with Gasteiger partial charge in [-0.15, -0.1) is 5.10 Å². The van der Waals surface area contributed by atoms with E-state index in [-0.39, 0.29) is 23.1 Å². The molecule has 0 bridgehead atoms. The van der Waals surface area contributed by atoms with Gasteiger partial charge < -0.3 is 4.57 Å². The number of nitrogens with one attached hydrogen (secondary N) is 2. The number of anilines is 1. The van der Waals surface area contributed by atoms with Gasteiger partial charge in [-0.25, -0.2) is 0 Å². The molecule has 0 radical (unpaired) electrons. The topological polar surface area (TPSA) is 106 Å². The van der Waals surface area contributed by atoms with Crippen LogP contribution in [0.3, 0.4) is 0 Å². The average molecular weight is 330 g/mol. The Morgan fingerprint density at radius 3 is 3.00 bits per heavy atom. The first kappa shape index (κ1) is 15.1. The summed E-state index contributed by atoms with van der Waals surface area (Å²) in [6.45, 7) is 2.17. The highest BCUT2D eigenvalue weighted by Crippen LogP contribution is 2.12. The van der Waals surface area contributed by atoms with Gasteiger partial charge in [0, 0.05) is 30.2 Å². The van der Waals surface area contributed by atoms with Crippen LogP contribution in [0.2, 0.25) is 0 Å². The van der Waals surface area contributed by atoms with Crippen molar-refractivity contribution in [3.63, 3.8) is 0 Å². The number of thiazole rings is 1. The Hall–Kier alpha value is -2.81. The lowest BCUT2D eigenvalue weighted by Crippen LogP contribution is -2.20. The fourth-order valence-corrected chi connectivity index (χ4v) is 2.77. The summed E-state index contributed by atoms with van der Waals surface area (Å²) in [5.74, 6) is 0.407. The minimum Gasteiger partial charge on any atom is -0.303 e. The Labute approximate surface area is 135 Å². The molecule has 2 N–H and O–H groups in total. The average Bonchev–Trinajstić information content (AvgIpc) is 3.14. The molecule has 0 spiro atoms. The third-order valence-electron chi connectivity index (χ3n) is 3.18. The van der Waals surface area contributed by atoms with Crippen LogP contribution in [-0.2, 0) is 11.3 Å². The van der Waals surface area contributed by atoms with Gasteiger partial charge in [-0.05, 0) is 19.1 Å². The van der Waals surface area contributed by atoms with Gasteiger partial charge in [-0.2, -0.15) is 4.98 Å². The molecule has 3 aromatic rings. The van der Waals surface area contributed by atoms with Gasteiger partial charge in [0.2, 0.25) is 11.9 Å². The van der Waals surface area contributed by atoms with Gasteiger partial charge in [-0.1, -0.05) is 17.4 Å². The highest BCUT2D eigenvalue weighted by Gasteiger charge is 2.11. The number of H-pyrrole nitrogens is 1. The van der Waals surface area contributed by atoms with Crippen LogP contribution >= 0.6 is 11.3 Å². The maximum atomic E-state index is 11.9. The summed E-state index contributed by atoms with van der Waals surface area (Å²) in [4.78, 5) is 31.8. The molecule has 3 rings (SSSR count). The normalized spacial score (nSPS) is 10.7. The summed E-state index contributed by atoms with van der Waals surface area (Å²) in [5, 5.41) is 11.0. The van der Waals surface area contributed by atoms with Gasteiger partial charge >= 0.3 is 4.87 Å². The van der Waals surface area contributed by atoms with Crippen molar-refractivity contribution in [2.45, 2.75) is 19.9 Å². The number of aromatic amines is 1. The van der Waals surface area contributed by atoms with Crippen LogP contribution in [0, 0.1) is 6.92 Å². The molecule has 0 atom stereocenters. The minimum atomic E-state index is -0.255. The highest BCUT2D eigenvalue weighted by atomic mass is 32.1. The fraction of sp³-hybridized carbons (Fsp3) is 0.214. The van der Waals surface area contributed by atoms with Crippen LogP contribution in [0.4, 0.5) is 5.95 Å². The van der Waals surface area contributed by atoms with Crippen molar-refractivity contribution in [1.29, 1.82) is 0 Å². The van der Waals surface area contributed by atoms with Crippen molar-refractivity contribution in [2.75, 3.05) is 5.32 Å². The zero-order chi connectivity index (χ0) is 16.2. The van der Waals surface area contributed by atoms with E-state index in [1.165, 1.54) is 0 Å². The van der Waals surface area contributed by atoms with E-state index in [9.17, 15) is 9.59 Å². The molecule has 0 aliphatic rings. The second-order valence-corrected chi connectivity index (χ2v) is 5.64. The SMILES string of the molecule is Cc1csc(=O)n1CCC(=O)Nc1n[nH]c(-c2ccccn2)n1. The first-order chi connectivity index (χ1) is 11.1. The number of aryl methyl sites for hydroxylation is 1. The first-order valence-electron chi connectivity index (χ1n) is 6.92. The zero-order valence-electron chi connectivity index (χ0n) is 12.3. The monoisotopic (exact) mass is 330 g/mol. The number of rotatable bonds is 5. The summed E-state index contributed by atoms with van der Waals surface area (Å²) < 4.78 is 1.57.